The largest absolute Gasteiger partial charge is 0.271 e. The first-order valence-electron chi connectivity index (χ1n) is 8.50. The summed E-state index contributed by atoms with van der Waals surface area (Å²) in [5.74, 6) is 6.72. The van der Waals surface area contributed by atoms with E-state index in [1.165, 1.54) is 62.7 Å². The Morgan fingerprint density at radius 3 is 2.19 bits per heavy atom. The summed E-state index contributed by atoms with van der Waals surface area (Å²) in [6.07, 6.45) is 12.2. The number of thioether (sulfide) groups is 1. The van der Waals surface area contributed by atoms with E-state index in [2.05, 4.69) is 42.7 Å². The van der Waals surface area contributed by atoms with Gasteiger partial charge in [-0.2, -0.15) is 0 Å². The zero-order valence-corrected chi connectivity index (χ0v) is 14.3. The van der Waals surface area contributed by atoms with E-state index < -0.39 is 0 Å². The molecule has 1 aromatic carbocycles. The van der Waals surface area contributed by atoms with Crippen molar-refractivity contribution in [2.45, 2.75) is 75.6 Å². The summed E-state index contributed by atoms with van der Waals surface area (Å²) in [6, 6.07) is 11.0. The molecule has 3 N–H and O–H groups in total. The average Bonchev–Trinajstić information content (AvgIpc) is 2.54. The molecule has 0 spiro atoms. The number of nitrogens with one attached hydrogen (secondary N) is 1. The van der Waals surface area contributed by atoms with Crippen LogP contribution in [-0.2, 0) is 0 Å². The number of unbranched alkanes of at least 4 members (excludes halogenated alkanes) is 7. The Hall–Kier alpha value is -0.510. The van der Waals surface area contributed by atoms with Crippen molar-refractivity contribution >= 4 is 11.8 Å². The summed E-state index contributed by atoms with van der Waals surface area (Å²) in [6.45, 7) is 2.27. The lowest BCUT2D eigenvalue weighted by molar-refractivity contribution is 0.491. The fraction of sp³-hybridized carbons (Fsp3) is 0.667. The van der Waals surface area contributed by atoms with Crippen LogP contribution in [-0.4, -0.2) is 11.8 Å². The highest BCUT2D eigenvalue weighted by atomic mass is 32.2. The van der Waals surface area contributed by atoms with Crippen molar-refractivity contribution in [2.24, 2.45) is 5.84 Å². The number of hydrazine groups is 1. The quantitative estimate of drug-likeness (QED) is 0.229. The van der Waals surface area contributed by atoms with Gasteiger partial charge in [0.15, 0.2) is 0 Å². The van der Waals surface area contributed by atoms with Crippen molar-refractivity contribution < 1.29 is 0 Å². The molecule has 0 aliphatic carbocycles. The molecule has 120 valence electrons. The Morgan fingerprint density at radius 2 is 1.57 bits per heavy atom. The van der Waals surface area contributed by atoms with Gasteiger partial charge in [-0.25, -0.2) is 0 Å². The summed E-state index contributed by atoms with van der Waals surface area (Å²) in [5.41, 5.74) is 2.97. The Bertz CT molecular complexity index is 329. The third-order valence-electron chi connectivity index (χ3n) is 3.84. The van der Waals surface area contributed by atoms with Crippen molar-refractivity contribution in [2.75, 3.05) is 5.75 Å². The minimum atomic E-state index is 0.426. The standard InChI is InChI=1S/C18H32N2S/c1-2-3-4-5-6-7-8-10-13-17(20-19)16-21-18-14-11-9-12-15-18/h9,11-12,14-15,17,20H,2-8,10,13,16,19H2,1H3. The van der Waals surface area contributed by atoms with E-state index in [0.717, 1.165) is 5.75 Å². The van der Waals surface area contributed by atoms with Gasteiger partial charge in [-0.15, -0.1) is 11.8 Å². The van der Waals surface area contributed by atoms with E-state index in [4.69, 9.17) is 5.84 Å². The molecule has 0 saturated heterocycles. The van der Waals surface area contributed by atoms with E-state index in [9.17, 15) is 0 Å². The minimum absolute atomic E-state index is 0.426. The fourth-order valence-corrected chi connectivity index (χ4v) is 3.46. The van der Waals surface area contributed by atoms with Gasteiger partial charge in [-0.1, -0.05) is 76.5 Å². The second-order valence-electron chi connectivity index (χ2n) is 5.75. The molecule has 0 aliphatic rings. The van der Waals surface area contributed by atoms with Crippen LogP contribution in [0.25, 0.3) is 0 Å². The second-order valence-corrected chi connectivity index (χ2v) is 6.84. The predicted octanol–water partition coefficient (Wildman–Crippen LogP) is 5.14. The molecule has 21 heavy (non-hydrogen) atoms. The van der Waals surface area contributed by atoms with Gasteiger partial charge < -0.3 is 0 Å². The van der Waals surface area contributed by atoms with E-state index in [1.54, 1.807) is 0 Å². The van der Waals surface area contributed by atoms with Gasteiger partial charge >= 0.3 is 0 Å². The lowest BCUT2D eigenvalue weighted by Crippen LogP contribution is -2.36. The van der Waals surface area contributed by atoms with Gasteiger partial charge in [0.05, 0.1) is 0 Å². The normalized spacial score (nSPS) is 12.5. The number of nitrogens with two attached hydrogens (primary N) is 1. The number of hydrogen-bond donors (Lipinski definition) is 2. The van der Waals surface area contributed by atoms with Crippen LogP contribution in [0.3, 0.4) is 0 Å². The lowest BCUT2D eigenvalue weighted by Gasteiger charge is -2.15. The van der Waals surface area contributed by atoms with Gasteiger partial charge in [0.25, 0.3) is 0 Å². The van der Waals surface area contributed by atoms with E-state index in [0.29, 0.717) is 6.04 Å². The van der Waals surface area contributed by atoms with Crippen LogP contribution in [0.15, 0.2) is 35.2 Å². The monoisotopic (exact) mass is 308 g/mol. The first-order chi connectivity index (χ1) is 10.4. The number of rotatable bonds is 13. The highest BCUT2D eigenvalue weighted by Crippen LogP contribution is 2.19. The summed E-state index contributed by atoms with van der Waals surface area (Å²) in [7, 11) is 0. The molecule has 0 saturated carbocycles. The Kier molecular flexibility index (Phi) is 11.6. The van der Waals surface area contributed by atoms with Crippen LogP contribution in [0, 0.1) is 0 Å². The second kappa shape index (κ2) is 13.2. The summed E-state index contributed by atoms with van der Waals surface area (Å²) >= 11 is 1.89. The van der Waals surface area contributed by atoms with Gasteiger partial charge in [0, 0.05) is 16.7 Å². The molecule has 0 aromatic heterocycles. The van der Waals surface area contributed by atoms with Crippen LogP contribution < -0.4 is 11.3 Å². The molecule has 3 heteroatoms. The Balaban J connectivity index is 2.01. The van der Waals surface area contributed by atoms with Gasteiger partial charge in [0.2, 0.25) is 0 Å². The van der Waals surface area contributed by atoms with Crippen LogP contribution in [0.4, 0.5) is 0 Å². The van der Waals surface area contributed by atoms with Crippen LogP contribution >= 0.6 is 11.8 Å². The van der Waals surface area contributed by atoms with Crippen LogP contribution in [0.5, 0.6) is 0 Å². The minimum Gasteiger partial charge on any atom is -0.271 e. The van der Waals surface area contributed by atoms with Crippen molar-refractivity contribution in [3.05, 3.63) is 30.3 Å². The molecule has 0 aliphatic heterocycles. The van der Waals surface area contributed by atoms with E-state index in [-0.39, 0.29) is 0 Å². The third-order valence-corrected chi connectivity index (χ3v) is 5.01. The topological polar surface area (TPSA) is 38.0 Å². The van der Waals surface area contributed by atoms with Crippen molar-refractivity contribution in [1.82, 2.24) is 5.43 Å². The smallest absolute Gasteiger partial charge is 0.0304 e. The molecule has 1 aromatic rings. The SMILES string of the molecule is CCCCCCCCCCC(CSc1ccccc1)NN. The maximum atomic E-state index is 5.67. The van der Waals surface area contributed by atoms with Crippen molar-refractivity contribution in [3.8, 4) is 0 Å². The maximum Gasteiger partial charge on any atom is 0.0304 e. The van der Waals surface area contributed by atoms with E-state index in [1.807, 2.05) is 11.8 Å². The molecule has 0 radical (unpaired) electrons. The van der Waals surface area contributed by atoms with Gasteiger partial charge in [-0.3, -0.25) is 11.3 Å². The van der Waals surface area contributed by atoms with Gasteiger partial charge in [0.1, 0.15) is 0 Å². The Labute approximate surface area is 135 Å². The number of hydrogen-bond acceptors (Lipinski definition) is 3. The zero-order chi connectivity index (χ0) is 15.2. The third kappa shape index (κ3) is 9.94. The summed E-state index contributed by atoms with van der Waals surface area (Å²) < 4.78 is 0. The fourth-order valence-electron chi connectivity index (χ4n) is 2.45. The lowest BCUT2D eigenvalue weighted by atomic mass is 10.1. The highest BCUT2D eigenvalue weighted by molar-refractivity contribution is 7.99. The summed E-state index contributed by atoms with van der Waals surface area (Å²) in [5, 5.41) is 0. The molecule has 1 unspecified atom stereocenters. The zero-order valence-electron chi connectivity index (χ0n) is 13.5. The first kappa shape index (κ1) is 18.5. The predicted molar refractivity (Wildman–Crippen MR) is 95.5 cm³/mol. The van der Waals surface area contributed by atoms with Crippen molar-refractivity contribution in [1.29, 1.82) is 0 Å². The van der Waals surface area contributed by atoms with Crippen molar-refractivity contribution in [3.63, 3.8) is 0 Å². The number of benzene rings is 1. The molecule has 0 bridgehead atoms. The van der Waals surface area contributed by atoms with Crippen LogP contribution in [0.1, 0.15) is 64.7 Å². The Morgan fingerprint density at radius 1 is 0.952 bits per heavy atom. The maximum absolute atomic E-state index is 5.67. The highest BCUT2D eigenvalue weighted by Gasteiger charge is 2.06. The molecule has 2 nitrogen and oxygen atoms in total. The molecular formula is C18H32N2S. The van der Waals surface area contributed by atoms with E-state index >= 15 is 0 Å². The molecule has 1 rings (SSSR count). The molecule has 0 amide bonds. The average molecular weight is 309 g/mol. The molecule has 0 heterocycles. The van der Waals surface area contributed by atoms with Gasteiger partial charge in [-0.05, 0) is 18.6 Å². The summed E-state index contributed by atoms with van der Waals surface area (Å²) in [4.78, 5) is 1.33. The molecule has 0 fully saturated rings. The molecule has 1 atom stereocenters. The molecular weight excluding hydrogens is 276 g/mol. The van der Waals surface area contributed by atoms with Crippen LogP contribution in [0.2, 0.25) is 0 Å². The first-order valence-corrected chi connectivity index (χ1v) is 9.49.